The van der Waals surface area contributed by atoms with Crippen LogP contribution in [0.4, 0.5) is 4.79 Å². The number of hydrogen-bond donors (Lipinski definition) is 2. The van der Waals surface area contributed by atoms with Crippen molar-refractivity contribution in [3.8, 4) is 0 Å². The smallest absolute Gasteiger partial charge is 0.326 e. The second kappa shape index (κ2) is 6.78. The third-order valence-electron chi connectivity index (χ3n) is 5.50. The first-order valence-electron chi connectivity index (χ1n) is 9.48. The Kier molecular flexibility index (Phi) is 4.41. The van der Waals surface area contributed by atoms with E-state index in [0.29, 0.717) is 11.1 Å². The van der Waals surface area contributed by atoms with E-state index >= 15 is 0 Å². The van der Waals surface area contributed by atoms with Crippen molar-refractivity contribution in [2.75, 3.05) is 6.54 Å². The minimum Gasteiger partial charge on any atom is -0.352 e. The van der Waals surface area contributed by atoms with Crippen LogP contribution in [0.3, 0.4) is 0 Å². The lowest BCUT2D eigenvalue weighted by atomic mass is 9.81. The Bertz CT molecular complexity index is 953. The van der Waals surface area contributed by atoms with Crippen LogP contribution in [0.25, 0.3) is 0 Å². The first-order valence-corrected chi connectivity index (χ1v) is 9.48. The number of nitrogens with zero attached hydrogens (tertiary/aromatic N) is 1. The molecule has 2 aliphatic rings. The Morgan fingerprint density at radius 1 is 1.07 bits per heavy atom. The van der Waals surface area contributed by atoms with Gasteiger partial charge >= 0.3 is 6.03 Å². The van der Waals surface area contributed by atoms with Crippen molar-refractivity contribution < 1.29 is 14.4 Å². The minimum absolute atomic E-state index is 0.173. The summed E-state index contributed by atoms with van der Waals surface area (Å²) in [5, 5.41) is 5.71. The maximum atomic E-state index is 13.5. The number of carbonyl (C=O) groups excluding carboxylic acids is 3. The van der Waals surface area contributed by atoms with Gasteiger partial charge in [-0.05, 0) is 48.9 Å². The fourth-order valence-electron chi connectivity index (χ4n) is 3.58. The van der Waals surface area contributed by atoms with Crippen LogP contribution in [0.1, 0.15) is 35.1 Å². The van der Waals surface area contributed by atoms with Crippen molar-refractivity contribution >= 4 is 17.8 Å². The van der Waals surface area contributed by atoms with Crippen LogP contribution in [0, 0.1) is 13.8 Å². The molecule has 2 N–H and O–H groups in total. The average molecular weight is 377 g/mol. The van der Waals surface area contributed by atoms with E-state index in [2.05, 4.69) is 10.6 Å². The predicted octanol–water partition coefficient (Wildman–Crippen LogP) is 2.38. The van der Waals surface area contributed by atoms with Crippen molar-refractivity contribution in [1.82, 2.24) is 15.5 Å². The number of amides is 4. The zero-order chi connectivity index (χ0) is 19.9. The number of rotatable bonds is 5. The quantitative estimate of drug-likeness (QED) is 0.786. The molecule has 4 amide bonds. The van der Waals surface area contributed by atoms with Gasteiger partial charge in [0.1, 0.15) is 6.54 Å². The fourth-order valence-corrected chi connectivity index (χ4v) is 3.58. The van der Waals surface area contributed by atoms with Crippen LogP contribution >= 0.6 is 0 Å². The summed E-state index contributed by atoms with van der Waals surface area (Å²) in [4.78, 5) is 39.5. The molecule has 1 aliphatic carbocycles. The van der Waals surface area contributed by atoms with Gasteiger partial charge in [0.2, 0.25) is 5.91 Å². The van der Waals surface area contributed by atoms with E-state index < -0.39 is 17.5 Å². The Labute approximate surface area is 163 Å². The number of carbonyl (C=O) groups is 3. The van der Waals surface area contributed by atoms with Gasteiger partial charge in [-0.1, -0.05) is 48.5 Å². The zero-order valence-corrected chi connectivity index (χ0v) is 16.0. The molecule has 2 aromatic rings. The largest absolute Gasteiger partial charge is 0.352 e. The second-order valence-corrected chi connectivity index (χ2v) is 7.58. The van der Waals surface area contributed by atoms with Crippen LogP contribution in [0.5, 0.6) is 0 Å². The zero-order valence-electron chi connectivity index (χ0n) is 16.0. The van der Waals surface area contributed by atoms with E-state index in [-0.39, 0.29) is 18.5 Å². The molecule has 144 valence electrons. The van der Waals surface area contributed by atoms with E-state index in [9.17, 15) is 14.4 Å². The van der Waals surface area contributed by atoms with Crippen molar-refractivity contribution in [3.05, 3.63) is 70.8 Å². The third-order valence-corrected chi connectivity index (χ3v) is 5.50. The van der Waals surface area contributed by atoms with Crippen LogP contribution < -0.4 is 10.6 Å². The molecule has 1 aliphatic heterocycles. The summed E-state index contributed by atoms with van der Waals surface area (Å²) in [6, 6.07) is 14.5. The van der Waals surface area contributed by atoms with E-state index in [4.69, 9.17) is 0 Å². The molecule has 2 aromatic carbocycles. The monoisotopic (exact) mass is 377 g/mol. The summed E-state index contributed by atoms with van der Waals surface area (Å²) in [6.45, 7) is 3.69. The number of aryl methyl sites for hydroxylation is 2. The molecule has 0 bridgehead atoms. The fraction of sp³-hybridized carbons (Fsp3) is 0.318. The van der Waals surface area contributed by atoms with Crippen molar-refractivity contribution in [2.24, 2.45) is 0 Å². The Morgan fingerprint density at radius 2 is 1.79 bits per heavy atom. The number of imide groups is 1. The maximum Gasteiger partial charge on any atom is 0.326 e. The lowest BCUT2D eigenvalue weighted by molar-refractivity contribution is -0.134. The summed E-state index contributed by atoms with van der Waals surface area (Å²) in [7, 11) is 0. The standard InChI is InChI=1S/C22H23N3O3/c1-14-8-9-17(12-15(14)2)22(16-6-4-3-5-7-16)20(27)25(21(28)24-22)13-19(26)23-18-10-11-18/h3-9,12,18H,10-11,13H2,1-2H3,(H,23,26)(H,24,28)/t22-/m1/s1. The van der Waals surface area contributed by atoms with Crippen LogP contribution in [0.2, 0.25) is 0 Å². The van der Waals surface area contributed by atoms with Crippen molar-refractivity contribution in [2.45, 2.75) is 38.3 Å². The molecule has 6 nitrogen and oxygen atoms in total. The van der Waals surface area contributed by atoms with Gasteiger partial charge in [0.25, 0.3) is 5.91 Å². The van der Waals surface area contributed by atoms with Gasteiger partial charge in [-0.3, -0.25) is 14.5 Å². The first-order chi connectivity index (χ1) is 13.4. The van der Waals surface area contributed by atoms with Crippen molar-refractivity contribution in [1.29, 1.82) is 0 Å². The molecule has 0 unspecified atom stereocenters. The normalized spacial score (nSPS) is 21.6. The molecular formula is C22H23N3O3. The molecule has 1 saturated carbocycles. The Balaban J connectivity index is 1.75. The van der Waals surface area contributed by atoms with E-state index in [1.54, 1.807) is 0 Å². The SMILES string of the molecule is Cc1ccc([C@@]2(c3ccccc3)NC(=O)N(CC(=O)NC3CC3)C2=O)cc1C. The summed E-state index contributed by atoms with van der Waals surface area (Å²) >= 11 is 0. The predicted molar refractivity (Wildman–Crippen MR) is 105 cm³/mol. The average Bonchev–Trinajstić information content (AvgIpc) is 3.46. The molecule has 2 fully saturated rings. The number of benzene rings is 2. The molecule has 0 spiro atoms. The minimum atomic E-state index is -1.34. The van der Waals surface area contributed by atoms with E-state index in [0.717, 1.165) is 28.9 Å². The highest BCUT2D eigenvalue weighted by Gasteiger charge is 2.54. The van der Waals surface area contributed by atoms with Gasteiger partial charge < -0.3 is 10.6 Å². The highest BCUT2D eigenvalue weighted by Crippen LogP contribution is 2.36. The number of nitrogens with one attached hydrogen (secondary N) is 2. The lowest BCUT2D eigenvalue weighted by Crippen LogP contribution is -2.46. The van der Waals surface area contributed by atoms with Gasteiger partial charge in [-0.25, -0.2) is 4.79 Å². The van der Waals surface area contributed by atoms with Gasteiger partial charge in [0.15, 0.2) is 5.54 Å². The van der Waals surface area contributed by atoms with Crippen molar-refractivity contribution in [3.63, 3.8) is 0 Å². The molecule has 28 heavy (non-hydrogen) atoms. The molecule has 6 heteroatoms. The van der Waals surface area contributed by atoms with E-state index in [1.165, 1.54) is 0 Å². The van der Waals surface area contributed by atoms with Gasteiger partial charge in [0.05, 0.1) is 0 Å². The third kappa shape index (κ3) is 3.05. The molecule has 0 aromatic heterocycles. The summed E-state index contributed by atoms with van der Waals surface area (Å²) in [5.74, 6) is -0.743. The molecular weight excluding hydrogens is 354 g/mol. The molecule has 4 rings (SSSR count). The van der Waals surface area contributed by atoms with E-state index in [1.807, 2.05) is 62.4 Å². The highest BCUT2D eigenvalue weighted by molar-refractivity contribution is 6.11. The lowest BCUT2D eigenvalue weighted by Gasteiger charge is -2.28. The summed E-state index contributed by atoms with van der Waals surface area (Å²) in [5.41, 5.74) is 2.15. The summed E-state index contributed by atoms with van der Waals surface area (Å²) < 4.78 is 0. The molecule has 1 heterocycles. The Hall–Kier alpha value is -3.15. The maximum absolute atomic E-state index is 13.5. The topological polar surface area (TPSA) is 78.5 Å². The molecule has 1 atom stereocenters. The van der Waals surface area contributed by atoms with Crippen LogP contribution in [-0.4, -0.2) is 35.3 Å². The van der Waals surface area contributed by atoms with Gasteiger partial charge in [-0.15, -0.1) is 0 Å². The summed E-state index contributed by atoms with van der Waals surface area (Å²) in [6.07, 6.45) is 1.89. The van der Waals surface area contributed by atoms with Gasteiger partial charge in [0, 0.05) is 6.04 Å². The molecule has 1 saturated heterocycles. The highest BCUT2D eigenvalue weighted by atomic mass is 16.2. The van der Waals surface area contributed by atoms with Crippen LogP contribution in [0.15, 0.2) is 48.5 Å². The Morgan fingerprint density at radius 3 is 2.43 bits per heavy atom. The second-order valence-electron chi connectivity index (χ2n) is 7.58. The van der Waals surface area contributed by atoms with Crippen LogP contribution in [-0.2, 0) is 15.1 Å². The van der Waals surface area contributed by atoms with Gasteiger partial charge in [-0.2, -0.15) is 0 Å². The first kappa shape index (κ1) is 18.2. The number of hydrogen-bond acceptors (Lipinski definition) is 3. The number of urea groups is 1. The molecule has 0 radical (unpaired) electrons.